The largest absolute Gasteiger partial charge is 0.338 e. The molecule has 3 nitrogen and oxygen atoms in total. The summed E-state index contributed by atoms with van der Waals surface area (Å²) in [5, 5.41) is 3.38. The normalized spacial score (nSPS) is 20.4. The summed E-state index contributed by atoms with van der Waals surface area (Å²) in [5.74, 6) is -0.229. The standard InChI is InChI=1S/C16H21FN2O.ClH/c1-12-10-13(17)2-3-14(12)15(20)19-9-6-16(11-19)4-7-18-8-5-16;/h2-3,10,18H,4-9,11H2,1H3;1H. The predicted molar refractivity (Wildman–Crippen MR) is 83.4 cm³/mol. The minimum Gasteiger partial charge on any atom is -0.338 e. The number of benzene rings is 1. The zero-order chi connectivity index (χ0) is 14.2. The summed E-state index contributed by atoms with van der Waals surface area (Å²) in [6.45, 7) is 5.59. The van der Waals surface area contributed by atoms with Crippen molar-refractivity contribution in [2.75, 3.05) is 26.2 Å². The van der Waals surface area contributed by atoms with Crippen LogP contribution >= 0.6 is 12.4 Å². The van der Waals surface area contributed by atoms with E-state index in [9.17, 15) is 9.18 Å². The summed E-state index contributed by atoms with van der Waals surface area (Å²) in [6, 6.07) is 4.42. The van der Waals surface area contributed by atoms with E-state index in [0.717, 1.165) is 51.0 Å². The molecule has 1 aromatic carbocycles. The summed E-state index contributed by atoms with van der Waals surface area (Å²) in [7, 11) is 0. The van der Waals surface area contributed by atoms with E-state index in [0.29, 0.717) is 11.0 Å². The van der Waals surface area contributed by atoms with Gasteiger partial charge in [0, 0.05) is 18.7 Å². The Balaban J connectivity index is 0.00000161. The second kappa shape index (κ2) is 6.32. The molecular formula is C16H22ClFN2O. The number of nitrogens with zero attached hydrogens (tertiary/aromatic N) is 1. The van der Waals surface area contributed by atoms with Gasteiger partial charge in [0.2, 0.25) is 0 Å². The van der Waals surface area contributed by atoms with E-state index < -0.39 is 0 Å². The topological polar surface area (TPSA) is 32.3 Å². The van der Waals surface area contributed by atoms with Crippen LogP contribution in [0.4, 0.5) is 4.39 Å². The van der Waals surface area contributed by atoms with Crippen molar-refractivity contribution in [3.63, 3.8) is 0 Å². The SMILES string of the molecule is Cc1cc(F)ccc1C(=O)N1CCC2(CCNCC2)C1.Cl. The summed E-state index contributed by atoms with van der Waals surface area (Å²) in [4.78, 5) is 14.5. The molecule has 0 bridgehead atoms. The first-order chi connectivity index (χ1) is 9.60. The molecule has 2 saturated heterocycles. The number of nitrogens with one attached hydrogen (secondary N) is 1. The van der Waals surface area contributed by atoms with Gasteiger partial charge in [0.05, 0.1) is 0 Å². The molecule has 0 atom stereocenters. The lowest BCUT2D eigenvalue weighted by Crippen LogP contribution is -2.39. The minimum absolute atomic E-state index is 0. The fraction of sp³-hybridized carbons (Fsp3) is 0.562. The average molecular weight is 313 g/mol. The maximum Gasteiger partial charge on any atom is 0.254 e. The molecule has 1 amide bonds. The fourth-order valence-electron chi connectivity index (χ4n) is 3.51. The van der Waals surface area contributed by atoms with Gasteiger partial charge < -0.3 is 10.2 Å². The molecule has 0 unspecified atom stereocenters. The van der Waals surface area contributed by atoms with E-state index in [1.165, 1.54) is 12.1 Å². The van der Waals surface area contributed by atoms with Crippen LogP contribution in [0.5, 0.6) is 0 Å². The van der Waals surface area contributed by atoms with Gasteiger partial charge in [-0.15, -0.1) is 12.4 Å². The zero-order valence-electron chi connectivity index (χ0n) is 12.3. The molecule has 21 heavy (non-hydrogen) atoms. The van der Waals surface area contributed by atoms with E-state index >= 15 is 0 Å². The Labute approximate surface area is 131 Å². The molecule has 1 N–H and O–H groups in total. The van der Waals surface area contributed by atoms with E-state index in [1.54, 1.807) is 13.0 Å². The van der Waals surface area contributed by atoms with Crippen LogP contribution in [0.15, 0.2) is 18.2 Å². The summed E-state index contributed by atoms with van der Waals surface area (Å²) in [6.07, 6.45) is 3.40. The molecular weight excluding hydrogens is 291 g/mol. The number of aryl methyl sites for hydroxylation is 1. The Morgan fingerprint density at radius 3 is 2.67 bits per heavy atom. The number of hydrogen-bond acceptors (Lipinski definition) is 2. The molecule has 116 valence electrons. The minimum atomic E-state index is -0.282. The van der Waals surface area contributed by atoms with Gasteiger partial charge in [-0.3, -0.25) is 4.79 Å². The maximum atomic E-state index is 13.1. The van der Waals surface area contributed by atoms with Gasteiger partial charge in [0.15, 0.2) is 0 Å². The van der Waals surface area contributed by atoms with Gasteiger partial charge >= 0.3 is 0 Å². The monoisotopic (exact) mass is 312 g/mol. The molecule has 2 heterocycles. The van der Waals surface area contributed by atoms with Gasteiger partial charge in [-0.1, -0.05) is 0 Å². The highest BCUT2D eigenvalue weighted by atomic mass is 35.5. The first kappa shape index (κ1) is 16.2. The number of carbonyl (C=O) groups excluding carboxylic acids is 1. The van der Waals surface area contributed by atoms with E-state index in [-0.39, 0.29) is 24.1 Å². The molecule has 2 aliphatic rings. The van der Waals surface area contributed by atoms with Crippen molar-refractivity contribution in [3.8, 4) is 0 Å². The number of hydrogen-bond donors (Lipinski definition) is 1. The fourth-order valence-corrected chi connectivity index (χ4v) is 3.51. The quantitative estimate of drug-likeness (QED) is 0.865. The third-order valence-electron chi connectivity index (χ3n) is 4.81. The molecule has 0 aliphatic carbocycles. The van der Waals surface area contributed by atoms with Crippen molar-refractivity contribution in [3.05, 3.63) is 35.1 Å². The number of likely N-dealkylation sites (tertiary alicyclic amines) is 1. The first-order valence-corrected chi connectivity index (χ1v) is 7.36. The van der Waals surface area contributed by atoms with Crippen LogP contribution in [0.3, 0.4) is 0 Å². The van der Waals surface area contributed by atoms with E-state index in [4.69, 9.17) is 0 Å². The van der Waals surface area contributed by atoms with Gasteiger partial charge in [-0.25, -0.2) is 4.39 Å². The van der Waals surface area contributed by atoms with Crippen LogP contribution in [0, 0.1) is 18.2 Å². The molecule has 1 aromatic rings. The van der Waals surface area contributed by atoms with Crippen molar-refractivity contribution in [1.29, 1.82) is 0 Å². The van der Waals surface area contributed by atoms with Gasteiger partial charge in [0.25, 0.3) is 5.91 Å². The van der Waals surface area contributed by atoms with Crippen LogP contribution in [0.25, 0.3) is 0 Å². The van der Waals surface area contributed by atoms with Gasteiger partial charge in [-0.2, -0.15) is 0 Å². The van der Waals surface area contributed by atoms with Gasteiger partial charge in [-0.05, 0) is 68.5 Å². The molecule has 1 spiro atoms. The highest BCUT2D eigenvalue weighted by Gasteiger charge is 2.40. The van der Waals surface area contributed by atoms with Crippen molar-refractivity contribution < 1.29 is 9.18 Å². The van der Waals surface area contributed by atoms with Crippen LogP contribution in [0.2, 0.25) is 0 Å². The molecule has 2 fully saturated rings. The summed E-state index contributed by atoms with van der Waals surface area (Å²) >= 11 is 0. The third kappa shape index (κ3) is 3.22. The zero-order valence-corrected chi connectivity index (χ0v) is 13.1. The van der Waals surface area contributed by atoms with Crippen molar-refractivity contribution in [1.82, 2.24) is 10.2 Å². The highest BCUT2D eigenvalue weighted by molar-refractivity contribution is 5.95. The average Bonchev–Trinajstić information content (AvgIpc) is 2.83. The molecule has 0 saturated carbocycles. The van der Waals surface area contributed by atoms with Crippen LogP contribution < -0.4 is 5.32 Å². The Kier molecular flexibility index (Phi) is 4.89. The number of halogens is 2. The maximum absolute atomic E-state index is 13.1. The van der Waals surface area contributed by atoms with Crippen molar-refractivity contribution in [2.24, 2.45) is 5.41 Å². The Morgan fingerprint density at radius 2 is 2.00 bits per heavy atom. The highest BCUT2D eigenvalue weighted by Crippen LogP contribution is 2.39. The molecule has 0 aromatic heterocycles. The number of carbonyl (C=O) groups is 1. The summed E-state index contributed by atoms with van der Waals surface area (Å²) < 4.78 is 13.1. The molecule has 3 rings (SSSR count). The lowest BCUT2D eigenvalue weighted by molar-refractivity contribution is 0.0761. The number of rotatable bonds is 1. The lowest BCUT2D eigenvalue weighted by Gasteiger charge is -2.33. The Morgan fingerprint density at radius 1 is 1.29 bits per heavy atom. The Hall–Kier alpha value is -1.13. The van der Waals surface area contributed by atoms with Crippen molar-refractivity contribution >= 4 is 18.3 Å². The van der Waals surface area contributed by atoms with Crippen LogP contribution in [0.1, 0.15) is 35.2 Å². The second-order valence-electron chi connectivity index (χ2n) is 6.19. The van der Waals surface area contributed by atoms with E-state index in [2.05, 4.69) is 5.32 Å². The van der Waals surface area contributed by atoms with E-state index in [1.807, 2.05) is 4.90 Å². The third-order valence-corrected chi connectivity index (χ3v) is 4.81. The van der Waals surface area contributed by atoms with Crippen LogP contribution in [-0.4, -0.2) is 37.0 Å². The molecule has 2 aliphatic heterocycles. The van der Waals surface area contributed by atoms with Crippen molar-refractivity contribution in [2.45, 2.75) is 26.2 Å². The second-order valence-corrected chi connectivity index (χ2v) is 6.19. The Bertz CT molecular complexity index is 529. The first-order valence-electron chi connectivity index (χ1n) is 7.36. The molecule has 0 radical (unpaired) electrons. The smallest absolute Gasteiger partial charge is 0.254 e. The van der Waals surface area contributed by atoms with Gasteiger partial charge in [0.1, 0.15) is 5.82 Å². The summed E-state index contributed by atoms with van der Waals surface area (Å²) in [5.41, 5.74) is 1.67. The lowest BCUT2D eigenvalue weighted by atomic mass is 9.78. The van der Waals surface area contributed by atoms with Crippen LogP contribution in [-0.2, 0) is 0 Å². The number of amides is 1. The number of piperidine rings is 1. The predicted octanol–water partition coefficient (Wildman–Crippen LogP) is 2.77. The molecule has 5 heteroatoms.